The van der Waals surface area contributed by atoms with E-state index in [0.717, 1.165) is 22.3 Å². The van der Waals surface area contributed by atoms with E-state index in [-0.39, 0.29) is 5.76 Å². The van der Waals surface area contributed by atoms with Crippen molar-refractivity contribution in [1.29, 1.82) is 0 Å². The van der Waals surface area contributed by atoms with Crippen molar-refractivity contribution in [1.82, 2.24) is 0 Å². The summed E-state index contributed by atoms with van der Waals surface area (Å²) in [5.41, 5.74) is 9.06. The number of rotatable bonds is 5. The highest BCUT2D eigenvalue weighted by Gasteiger charge is 2.19. The van der Waals surface area contributed by atoms with E-state index >= 15 is 0 Å². The molecular formula is C19H18N2O3. The van der Waals surface area contributed by atoms with Gasteiger partial charge in [-0.3, -0.25) is 4.79 Å². The zero-order valence-electron chi connectivity index (χ0n) is 13.6. The summed E-state index contributed by atoms with van der Waals surface area (Å²) in [5, 5.41) is 3.93. The first-order valence-corrected chi connectivity index (χ1v) is 7.43. The Morgan fingerprint density at radius 2 is 2.04 bits per heavy atom. The molecule has 0 fully saturated rings. The number of benzene rings is 2. The lowest BCUT2D eigenvalue weighted by Crippen LogP contribution is -2.12. The highest BCUT2D eigenvalue weighted by Crippen LogP contribution is 2.33. The molecule has 0 atom stereocenters. The number of nitrogens with two attached hydrogens (primary N) is 1. The number of nitrogens with one attached hydrogen (secondary N) is 1. The fourth-order valence-corrected chi connectivity index (χ4v) is 2.54. The van der Waals surface area contributed by atoms with Crippen molar-refractivity contribution in [3.63, 3.8) is 0 Å². The van der Waals surface area contributed by atoms with Crippen LogP contribution in [0.15, 0.2) is 53.5 Å². The molecule has 1 amide bonds. The molecule has 0 saturated carbocycles. The van der Waals surface area contributed by atoms with E-state index in [1.54, 1.807) is 7.11 Å². The van der Waals surface area contributed by atoms with Crippen LogP contribution < -0.4 is 15.8 Å². The van der Waals surface area contributed by atoms with Gasteiger partial charge < -0.3 is 20.2 Å². The van der Waals surface area contributed by atoms with Gasteiger partial charge in [0.1, 0.15) is 11.3 Å². The fourth-order valence-electron chi connectivity index (χ4n) is 2.54. The minimum absolute atomic E-state index is 0.0830. The molecule has 0 bridgehead atoms. The number of methoxy groups -OCH3 is 1. The Kier molecular flexibility index (Phi) is 4.00. The first-order valence-electron chi connectivity index (χ1n) is 7.43. The Morgan fingerprint density at radius 3 is 2.75 bits per heavy atom. The maximum Gasteiger partial charge on any atom is 0.286 e. The van der Waals surface area contributed by atoms with Crippen LogP contribution in [0.2, 0.25) is 0 Å². The van der Waals surface area contributed by atoms with Crippen LogP contribution in [0.5, 0.6) is 5.75 Å². The van der Waals surface area contributed by atoms with Crippen molar-refractivity contribution in [2.75, 3.05) is 12.4 Å². The number of hydrogen-bond acceptors (Lipinski definition) is 4. The van der Waals surface area contributed by atoms with Crippen molar-refractivity contribution in [2.24, 2.45) is 5.73 Å². The van der Waals surface area contributed by atoms with Gasteiger partial charge >= 0.3 is 0 Å². The minimum atomic E-state index is -0.634. The number of primary amides is 1. The summed E-state index contributed by atoms with van der Waals surface area (Å²) >= 11 is 0. The van der Waals surface area contributed by atoms with Gasteiger partial charge in [0.15, 0.2) is 0 Å². The lowest BCUT2D eigenvalue weighted by Gasteiger charge is -2.11. The predicted molar refractivity (Wildman–Crippen MR) is 95.1 cm³/mol. The van der Waals surface area contributed by atoms with Crippen LogP contribution in [0, 0.1) is 6.92 Å². The maximum absolute atomic E-state index is 11.7. The van der Waals surface area contributed by atoms with Crippen molar-refractivity contribution >= 4 is 28.3 Å². The van der Waals surface area contributed by atoms with Crippen LogP contribution in [0.4, 0.5) is 5.69 Å². The second-order valence-electron chi connectivity index (χ2n) is 5.51. The van der Waals surface area contributed by atoms with Gasteiger partial charge in [-0.15, -0.1) is 0 Å². The Morgan fingerprint density at radius 1 is 1.25 bits per heavy atom. The SMILES string of the molecule is C=C(Nc1c(C(N)=O)oc2cc(C)ccc12)c1cccc(OC)c1. The zero-order valence-corrected chi connectivity index (χ0v) is 13.6. The van der Waals surface area contributed by atoms with Crippen LogP contribution in [-0.4, -0.2) is 13.0 Å². The molecule has 0 unspecified atom stereocenters. The normalized spacial score (nSPS) is 10.6. The molecule has 0 saturated heterocycles. The number of amides is 1. The molecule has 0 aliphatic rings. The molecule has 0 aliphatic heterocycles. The number of ether oxygens (including phenoxy) is 1. The van der Waals surface area contributed by atoms with Gasteiger partial charge in [-0.2, -0.15) is 0 Å². The van der Waals surface area contributed by atoms with Crippen molar-refractivity contribution in [3.8, 4) is 5.75 Å². The number of aryl methyl sites for hydroxylation is 1. The molecule has 122 valence electrons. The van der Waals surface area contributed by atoms with Crippen LogP contribution >= 0.6 is 0 Å². The van der Waals surface area contributed by atoms with E-state index in [0.29, 0.717) is 17.0 Å². The quantitative estimate of drug-likeness (QED) is 0.746. The van der Waals surface area contributed by atoms with Gasteiger partial charge in [-0.1, -0.05) is 24.8 Å². The van der Waals surface area contributed by atoms with E-state index < -0.39 is 5.91 Å². The topological polar surface area (TPSA) is 77.5 Å². The largest absolute Gasteiger partial charge is 0.497 e. The summed E-state index contributed by atoms with van der Waals surface area (Å²) in [6, 6.07) is 13.2. The van der Waals surface area contributed by atoms with Crippen LogP contribution in [-0.2, 0) is 0 Å². The molecule has 2 aromatic carbocycles. The van der Waals surface area contributed by atoms with Crippen molar-refractivity contribution in [3.05, 3.63) is 65.9 Å². The Bertz CT molecular complexity index is 941. The number of furan rings is 1. The summed E-state index contributed by atoms with van der Waals surface area (Å²) in [6.45, 7) is 5.99. The van der Waals surface area contributed by atoms with Crippen LogP contribution in [0.25, 0.3) is 16.7 Å². The van der Waals surface area contributed by atoms with Gasteiger partial charge in [-0.25, -0.2) is 0 Å². The van der Waals surface area contributed by atoms with Gasteiger partial charge in [0, 0.05) is 16.6 Å². The molecule has 3 aromatic rings. The maximum atomic E-state index is 11.7. The van der Waals surface area contributed by atoms with Crippen molar-refractivity contribution < 1.29 is 13.9 Å². The highest BCUT2D eigenvalue weighted by molar-refractivity contribution is 6.07. The van der Waals surface area contributed by atoms with E-state index in [9.17, 15) is 4.79 Å². The first kappa shape index (κ1) is 15.7. The van der Waals surface area contributed by atoms with Gasteiger partial charge in [0.05, 0.1) is 12.8 Å². The molecule has 0 aliphatic carbocycles. The second-order valence-corrected chi connectivity index (χ2v) is 5.51. The van der Waals surface area contributed by atoms with Crippen molar-refractivity contribution in [2.45, 2.75) is 6.92 Å². The van der Waals surface area contributed by atoms with Crippen LogP contribution in [0.1, 0.15) is 21.7 Å². The van der Waals surface area contributed by atoms with E-state index in [4.69, 9.17) is 14.9 Å². The van der Waals surface area contributed by atoms with Crippen LogP contribution in [0.3, 0.4) is 0 Å². The predicted octanol–water partition coefficient (Wildman–Crippen LogP) is 3.93. The summed E-state index contributed by atoms with van der Waals surface area (Å²) in [5.74, 6) is 0.169. The third-order valence-corrected chi connectivity index (χ3v) is 3.76. The summed E-state index contributed by atoms with van der Waals surface area (Å²) in [7, 11) is 1.60. The van der Waals surface area contributed by atoms with E-state index in [2.05, 4.69) is 11.9 Å². The molecular weight excluding hydrogens is 304 g/mol. The number of anilines is 1. The lowest BCUT2D eigenvalue weighted by molar-refractivity contribution is 0.0977. The molecule has 0 spiro atoms. The Balaban J connectivity index is 2.03. The molecule has 5 heteroatoms. The Hall–Kier alpha value is -3.21. The number of fused-ring (bicyclic) bond motifs is 1. The molecule has 5 nitrogen and oxygen atoms in total. The molecule has 3 N–H and O–H groups in total. The number of hydrogen-bond donors (Lipinski definition) is 2. The first-order chi connectivity index (χ1) is 11.5. The molecule has 1 aromatic heterocycles. The number of carbonyl (C=O) groups excluding carboxylic acids is 1. The standard InChI is InChI=1S/C19H18N2O3/c1-11-7-8-15-16(9-11)24-18(19(20)22)17(15)21-12(2)13-5-4-6-14(10-13)23-3/h4-10,21H,2H2,1,3H3,(H2,20,22). The fraction of sp³-hybridized carbons (Fsp3) is 0.105. The third kappa shape index (κ3) is 2.84. The third-order valence-electron chi connectivity index (χ3n) is 3.76. The van der Waals surface area contributed by atoms with Gasteiger partial charge in [-0.05, 0) is 36.8 Å². The second kappa shape index (κ2) is 6.12. The average Bonchev–Trinajstić information content (AvgIpc) is 2.92. The van der Waals surface area contributed by atoms with E-state index in [1.807, 2.05) is 49.4 Å². The molecule has 24 heavy (non-hydrogen) atoms. The molecule has 0 radical (unpaired) electrons. The minimum Gasteiger partial charge on any atom is -0.497 e. The zero-order chi connectivity index (χ0) is 17.3. The van der Waals surface area contributed by atoms with Gasteiger partial charge in [0.2, 0.25) is 5.76 Å². The van der Waals surface area contributed by atoms with E-state index in [1.165, 1.54) is 0 Å². The van der Waals surface area contributed by atoms with Gasteiger partial charge in [0.25, 0.3) is 5.91 Å². The highest BCUT2D eigenvalue weighted by atomic mass is 16.5. The smallest absolute Gasteiger partial charge is 0.286 e. The monoisotopic (exact) mass is 322 g/mol. The molecule has 3 rings (SSSR count). The summed E-state index contributed by atoms with van der Waals surface area (Å²) in [6.07, 6.45) is 0. The lowest BCUT2D eigenvalue weighted by atomic mass is 10.1. The summed E-state index contributed by atoms with van der Waals surface area (Å²) < 4.78 is 10.8. The summed E-state index contributed by atoms with van der Waals surface area (Å²) in [4.78, 5) is 11.7. The Labute approximate surface area is 139 Å². The number of carbonyl (C=O) groups is 1. The average molecular weight is 322 g/mol. The molecule has 1 heterocycles.